The van der Waals surface area contributed by atoms with Crippen LogP contribution in [0.15, 0.2) is 40.0 Å². The molecular weight excluding hydrogens is 410 g/mol. The van der Waals surface area contributed by atoms with Crippen molar-refractivity contribution in [3.63, 3.8) is 0 Å². The van der Waals surface area contributed by atoms with Crippen LogP contribution in [0.1, 0.15) is 13.8 Å². The van der Waals surface area contributed by atoms with Crippen molar-refractivity contribution < 1.29 is 19.1 Å². The third-order valence-corrected chi connectivity index (χ3v) is 7.32. The van der Waals surface area contributed by atoms with Gasteiger partial charge in [0.2, 0.25) is 9.37 Å². The minimum Gasteiger partial charge on any atom is -0.465 e. The van der Waals surface area contributed by atoms with Crippen molar-refractivity contribution in [2.24, 2.45) is 5.10 Å². The number of nitrogens with zero attached hydrogens (tertiary/aromatic N) is 3. The van der Waals surface area contributed by atoms with Crippen molar-refractivity contribution in [3.8, 4) is 0 Å². The van der Waals surface area contributed by atoms with Gasteiger partial charge in [-0.1, -0.05) is 29.4 Å². The number of ether oxygens (including phenoxy) is 2. The van der Waals surface area contributed by atoms with E-state index in [1.165, 1.54) is 30.6 Å². The van der Waals surface area contributed by atoms with Crippen LogP contribution in [0.3, 0.4) is 0 Å². The standard InChI is InChI=1S/C17H18ClN3O4S2/c1-5-25-16(23)14-19-21(12-8-6-7-11(18)9-12)17(27-14)20(3)10(2)13(26-17)15(22)24-4/h6-9H,5H2,1-4H3/t17-/m0/s1. The third-order valence-electron chi connectivity index (χ3n) is 4.05. The Labute approximate surface area is 170 Å². The van der Waals surface area contributed by atoms with E-state index in [9.17, 15) is 9.59 Å². The van der Waals surface area contributed by atoms with Gasteiger partial charge in [-0.2, -0.15) is 5.10 Å². The number of carbonyl (C=O) groups is 2. The molecule has 27 heavy (non-hydrogen) atoms. The van der Waals surface area contributed by atoms with Crippen molar-refractivity contribution in [1.29, 1.82) is 0 Å². The number of hydrogen-bond donors (Lipinski definition) is 0. The molecule has 2 aliphatic heterocycles. The van der Waals surface area contributed by atoms with Gasteiger partial charge in [0.05, 0.1) is 19.4 Å². The molecule has 7 nitrogen and oxygen atoms in total. The highest BCUT2D eigenvalue weighted by Gasteiger charge is 2.56. The van der Waals surface area contributed by atoms with E-state index in [1.54, 1.807) is 30.1 Å². The summed E-state index contributed by atoms with van der Waals surface area (Å²) in [6.45, 7) is 3.81. The lowest BCUT2D eigenvalue weighted by Crippen LogP contribution is -2.47. The summed E-state index contributed by atoms with van der Waals surface area (Å²) in [7, 11) is 3.18. The Morgan fingerprint density at radius 2 is 2.04 bits per heavy atom. The zero-order valence-corrected chi connectivity index (χ0v) is 17.6. The van der Waals surface area contributed by atoms with Crippen molar-refractivity contribution in [3.05, 3.63) is 39.9 Å². The summed E-state index contributed by atoms with van der Waals surface area (Å²) in [5.41, 5.74) is 1.42. The summed E-state index contributed by atoms with van der Waals surface area (Å²) >= 11 is 8.65. The number of halogens is 1. The number of anilines is 1. The topological polar surface area (TPSA) is 71.4 Å². The van der Waals surface area contributed by atoms with Crippen LogP contribution in [0.5, 0.6) is 0 Å². The van der Waals surface area contributed by atoms with Gasteiger partial charge >= 0.3 is 11.9 Å². The van der Waals surface area contributed by atoms with Gasteiger partial charge in [0.25, 0.3) is 0 Å². The molecule has 10 heteroatoms. The molecule has 0 saturated carbocycles. The van der Waals surface area contributed by atoms with Crippen LogP contribution < -0.4 is 5.01 Å². The molecule has 1 aromatic rings. The number of carbonyl (C=O) groups excluding carboxylic acids is 2. The van der Waals surface area contributed by atoms with Gasteiger partial charge in [-0.15, -0.1) is 0 Å². The first kappa shape index (κ1) is 19.9. The summed E-state index contributed by atoms with van der Waals surface area (Å²) in [5, 5.41) is 6.92. The van der Waals surface area contributed by atoms with Crippen LogP contribution in [-0.4, -0.2) is 47.0 Å². The lowest BCUT2D eigenvalue weighted by molar-refractivity contribution is -0.135. The normalized spacial score (nSPS) is 21.7. The van der Waals surface area contributed by atoms with Gasteiger partial charge < -0.3 is 14.4 Å². The first-order chi connectivity index (χ1) is 12.8. The Bertz CT molecular complexity index is 860. The average molecular weight is 428 g/mol. The molecule has 2 heterocycles. The first-order valence-corrected chi connectivity index (χ1v) is 10.1. The van der Waals surface area contributed by atoms with E-state index in [1.807, 2.05) is 24.9 Å². The number of hydrazone groups is 1. The van der Waals surface area contributed by atoms with Crippen LogP contribution in [-0.2, 0) is 19.1 Å². The minimum atomic E-state index is -0.902. The molecular formula is C17H18ClN3O4S2. The summed E-state index contributed by atoms with van der Waals surface area (Å²) in [6, 6.07) is 7.15. The van der Waals surface area contributed by atoms with E-state index in [0.717, 1.165) is 5.70 Å². The summed E-state index contributed by atoms with van der Waals surface area (Å²) in [6.07, 6.45) is 0. The quantitative estimate of drug-likeness (QED) is 0.676. The van der Waals surface area contributed by atoms with E-state index in [4.69, 9.17) is 21.1 Å². The smallest absolute Gasteiger partial charge is 0.365 e. The minimum absolute atomic E-state index is 0.204. The number of thioether (sulfide) groups is 2. The predicted octanol–water partition coefficient (Wildman–Crippen LogP) is 3.46. The maximum Gasteiger partial charge on any atom is 0.365 e. The second-order valence-corrected chi connectivity index (χ2v) is 8.67. The summed E-state index contributed by atoms with van der Waals surface area (Å²) < 4.78 is 9.12. The zero-order chi connectivity index (χ0) is 19.8. The molecule has 144 valence electrons. The molecule has 1 aromatic carbocycles. The van der Waals surface area contributed by atoms with Crippen molar-refractivity contribution in [1.82, 2.24) is 4.90 Å². The van der Waals surface area contributed by atoms with Gasteiger partial charge in [-0.25, -0.2) is 14.6 Å². The molecule has 0 aliphatic carbocycles. The lowest BCUT2D eigenvalue weighted by atomic mass is 10.3. The predicted molar refractivity (Wildman–Crippen MR) is 108 cm³/mol. The number of allylic oxidation sites excluding steroid dienone is 1. The number of hydrogen-bond acceptors (Lipinski definition) is 9. The molecule has 0 fully saturated rings. The van der Waals surface area contributed by atoms with Crippen molar-refractivity contribution >= 4 is 57.8 Å². The van der Waals surface area contributed by atoms with Crippen LogP contribution in [0.2, 0.25) is 5.02 Å². The number of esters is 2. The maximum atomic E-state index is 12.3. The van der Waals surface area contributed by atoms with Gasteiger partial charge in [0.1, 0.15) is 4.91 Å². The molecule has 0 unspecified atom stereocenters. The van der Waals surface area contributed by atoms with Crippen LogP contribution in [0.4, 0.5) is 5.69 Å². The largest absolute Gasteiger partial charge is 0.465 e. The van der Waals surface area contributed by atoms with Crippen LogP contribution in [0, 0.1) is 0 Å². The summed E-state index contributed by atoms with van der Waals surface area (Å²) in [5.74, 6) is -0.943. The highest BCUT2D eigenvalue weighted by Crippen LogP contribution is 2.58. The molecule has 0 saturated heterocycles. The fourth-order valence-electron chi connectivity index (χ4n) is 2.64. The van der Waals surface area contributed by atoms with Crippen molar-refractivity contribution in [2.45, 2.75) is 18.2 Å². The number of rotatable bonds is 4. The monoisotopic (exact) mass is 427 g/mol. The van der Waals surface area contributed by atoms with E-state index in [0.29, 0.717) is 15.6 Å². The molecule has 0 amide bonds. The van der Waals surface area contributed by atoms with Gasteiger partial charge in [-0.3, -0.25) is 0 Å². The van der Waals surface area contributed by atoms with Crippen LogP contribution in [0.25, 0.3) is 0 Å². The second-order valence-electron chi connectivity index (χ2n) is 5.64. The average Bonchev–Trinajstić information content (AvgIpc) is 3.16. The van der Waals surface area contributed by atoms with E-state index in [2.05, 4.69) is 5.10 Å². The van der Waals surface area contributed by atoms with E-state index >= 15 is 0 Å². The van der Waals surface area contributed by atoms with Crippen LogP contribution >= 0.6 is 35.1 Å². The summed E-state index contributed by atoms with van der Waals surface area (Å²) in [4.78, 5) is 26.9. The Morgan fingerprint density at radius 1 is 1.30 bits per heavy atom. The van der Waals surface area contributed by atoms with Gasteiger partial charge in [0, 0.05) is 17.8 Å². The molecule has 0 aromatic heterocycles. The fraction of sp³-hybridized carbons (Fsp3) is 0.353. The Kier molecular flexibility index (Phi) is 5.64. The molecule has 1 spiro atoms. The molecule has 0 radical (unpaired) electrons. The van der Waals surface area contributed by atoms with E-state index in [-0.39, 0.29) is 11.7 Å². The molecule has 0 N–H and O–H groups in total. The molecule has 1 atom stereocenters. The first-order valence-electron chi connectivity index (χ1n) is 8.06. The molecule has 0 bridgehead atoms. The second kappa shape index (κ2) is 7.65. The Morgan fingerprint density at radius 3 is 2.67 bits per heavy atom. The molecule has 2 aliphatic rings. The third kappa shape index (κ3) is 3.39. The fourth-order valence-corrected chi connectivity index (χ4v) is 5.73. The Hall–Kier alpha value is -1.84. The highest BCUT2D eigenvalue weighted by molar-refractivity contribution is 8.28. The molecule has 3 rings (SSSR count). The maximum absolute atomic E-state index is 12.3. The highest BCUT2D eigenvalue weighted by atomic mass is 35.5. The SMILES string of the molecule is CCOC(=O)C1=NN(c2cccc(Cl)c2)[C@]2(S1)SC(C(=O)OC)=C(C)N2C. The zero-order valence-electron chi connectivity index (χ0n) is 15.2. The van der Waals surface area contributed by atoms with Gasteiger partial charge in [-0.05, 0) is 43.8 Å². The van der Waals surface area contributed by atoms with Gasteiger partial charge in [0.15, 0.2) is 0 Å². The van der Waals surface area contributed by atoms with E-state index < -0.39 is 16.3 Å². The number of methoxy groups -OCH3 is 1. The lowest BCUT2D eigenvalue weighted by Gasteiger charge is -2.39. The Balaban J connectivity index is 2.06. The number of benzene rings is 1. The van der Waals surface area contributed by atoms with Crippen molar-refractivity contribution in [2.75, 3.05) is 25.8 Å².